The molecule has 1 aliphatic heterocycles. The molecule has 96 valence electrons. The van der Waals surface area contributed by atoms with Gasteiger partial charge in [-0.15, -0.1) is 0 Å². The Morgan fingerprint density at radius 1 is 1.47 bits per heavy atom. The SMILES string of the molecule is N#CC1CN(C(=O)c2ccc3[nH]ccc3c2)CCO1. The van der Waals surface area contributed by atoms with Crippen molar-refractivity contribution in [2.75, 3.05) is 19.7 Å². The maximum absolute atomic E-state index is 12.4. The zero-order chi connectivity index (χ0) is 13.2. The second kappa shape index (κ2) is 4.75. The van der Waals surface area contributed by atoms with Gasteiger partial charge < -0.3 is 14.6 Å². The van der Waals surface area contributed by atoms with Crippen molar-refractivity contribution in [3.63, 3.8) is 0 Å². The molecule has 1 aliphatic rings. The van der Waals surface area contributed by atoms with Gasteiger partial charge in [0.2, 0.25) is 0 Å². The van der Waals surface area contributed by atoms with Gasteiger partial charge in [-0.05, 0) is 24.3 Å². The molecule has 3 rings (SSSR count). The van der Waals surface area contributed by atoms with E-state index < -0.39 is 6.10 Å². The molecule has 2 aromatic rings. The molecule has 1 unspecified atom stereocenters. The molecule has 5 heteroatoms. The second-order valence-corrected chi connectivity index (χ2v) is 4.52. The lowest BCUT2D eigenvalue weighted by Crippen LogP contribution is -2.45. The fraction of sp³-hybridized carbons (Fsp3) is 0.286. The van der Waals surface area contributed by atoms with Gasteiger partial charge in [0, 0.05) is 29.2 Å². The Balaban J connectivity index is 1.84. The first-order chi connectivity index (χ1) is 9.28. The summed E-state index contributed by atoms with van der Waals surface area (Å²) in [7, 11) is 0. The average molecular weight is 255 g/mol. The van der Waals surface area contributed by atoms with Crippen LogP contribution in [0.3, 0.4) is 0 Å². The highest BCUT2D eigenvalue weighted by Gasteiger charge is 2.24. The lowest BCUT2D eigenvalue weighted by molar-refractivity contribution is 0.00347. The number of hydrogen-bond acceptors (Lipinski definition) is 3. The number of fused-ring (bicyclic) bond motifs is 1. The van der Waals surface area contributed by atoms with Crippen molar-refractivity contribution < 1.29 is 9.53 Å². The van der Waals surface area contributed by atoms with E-state index in [1.54, 1.807) is 11.0 Å². The van der Waals surface area contributed by atoms with Crippen molar-refractivity contribution in [3.8, 4) is 6.07 Å². The van der Waals surface area contributed by atoms with Gasteiger partial charge in [-0.3, -0.25) is 4.79 Å². The van der Waals surface area contributed by atoms with Gasteiger partial charge in [0.15, 0.2) is 6.10 Å². The van der Waals surface area contributed by atoms with E-state index in [1.807, 2.05) is 30.5 Å². The number of nitrogens with one attached hydrogen (secondary N) is 1. The van der Waals surface area contributed by atoms with Gasteiger partial charge in [0.1, 0.15) is 0 Å². The molecular weight excluding hydrogens is 242 g/mol. The summed E-state index contributed by atoms with van der Waals surface area (Å²) in [6.07, 6.45) is 1.33. The van der Waals surface area contributed by atoms with Crippen molar-refractivity contribution in [2.45, 2.75) is 6.10 Å². The van der Waals surface area contributed by atoms with Crippen molar-refractivity contribution >= 4 is 16.8 Å². The minimum absolute atomic E-state index is 0.0494. The van der Waals surface area contributed by atoms with E-state index in [9.17, 15) is 4.79 Å². The average Bonchev–Trinajstić information content (AvgIpc) is 2.94. The summed E-state index contributed by atoms with van der Waals surface area (Å²) >= 11 is 0. The van der Waals surface area contributed by atoms with Crippen LogP contribution in [0.4, 0.5) is 0 Å². The number of aromatic amines is 1. The maximum Gasteiger partial charge on any atom is 0.254 e. The lowest BCUT2D eigenvalue weighted by atomic mass is 10.1. The molecule has 0 saturated carbocycles. The van der Waals surface area contributed by atoms with Crippen LogP contribution in [-0.4, -0.2) is 41.6 Å². The third-order valence-corrected chi connectivity index (χ3v) is 3.30. The van der Waals surface area contributed by atoms with E-state index in [-0.39, 0.29) is 5.91 Å². The van der Waals surface area contributed by atoms with Crippen LogP contribution < -0.4 is 0 Å². The predicted molar refractivity (Wildman–Crippen MR) is 69.6 cm³/mol. The van der Waals surface area contributed by atoms with Gasteiger partial charge >= 0.3 is 0 Å². The van der Waals surface area contributed by atoms with E-state index in [2.05, 4.69) is 4.98 Å². The standard InChI is InChI=1S/C14H13N3O2/c15-8-12-9-17(5-6-19-12)14(18)11-1-2-13-10(7-11)3-4-16-13/h1-4,7,12,16H,5-6,9H2. The summed E-state index contributed by atoms with van der Waals surface area (Å²) in [4.78, 5) is 17.1. The van der Waals surface area contributed by atoms with E-state index in [0.717, 1.165) is 10.9 Å². The number of benzene rings is 1. The van der Waals surface area contributed by atoms with Crippen LogP contribution in [0, 0.1) is 11.3 Å². The first-order valence-corrected chi connectivity index (χ1v) is 6.15. The molecular formula is C14H13N3O2. The molecule has 5 nitrogen and oxygen atoms in total. The number of carbonyl (C=O) groups excluding carboxylic acids is 1. The van der Waals surface area contributed by atoms with E-state index in [0.29, 0.717) is 25.3 Å². The molecule has 1 saturated heterocycles. The van der Waals surface area contributed by atoms with E-state index >= 15 is 0 Å². The van der Waals surface area contributed by atoms with Crippen molar-refractivity contribution in [1.29, 1.82) is 5.26 Å². The molecule has 1 amide bonds. The van der Waals surface area contributed by atoms with Crippen LogP contribution in [0.5, 0.6) is 0 Å². The van der Waals surface area contributed by atoms with Gasteiger partial charge in [-0.2, -0.15) is 5.26 Å². The van der Waals surface area contributed by atoms with Gasteiger partial charge in [0.25, 0.3) is 5.91 Å². The number of morpholine rings is 1. The zero-order valence-corrected chi connectivity index (χ0v) is 10.3. The number of aromatic nitrogens is 1. The van der Waals surface area contributed by atoms with Crippen LogP contribution in [0.1, 0.15) is 10.4 Å². The molecule has 2 heterocycles. The van der Waals surface area contributed by atoms with Crippen molar-refractivity contribution in [3.05, 3.63) is 36.0 Å². The Labute approximate surface area is 110 Å². The number of H-pyrrole nitrogens is 1. The molecule has 0 bridgehead atoms. The van der Waals surface area contributed by atoms with Crippen LogP contribution in [0.25, 0.3) is 10.9 Å². The number of nitrogens with zero attached hydrogens (tertiary/aromatic N) is 2. The van der Waals surface area contributed by atoms with Crippen LogP contribution in [0.15, 0.2) is 30.5 Å². The Hall–Kier alpha value is -2.32. The first-order valence-electron chi connectivity index (χ1n) is 6.15. The number of carbonyl (C=O) groups is 1. The van der Waals surface area contributed by atoms with Crippen molar-refractivity contribution in [1.82, 2.24) is 9.88 Å². The highest BCUT2D eigenvalue weighted by Crippen LogP contribution is 2.17. The summed E-state index contributed by atoms with van der Waals surface area (Å²) in [6, 6.07) is 9.54. The highest BCUT2D eigenvalue weighted by molar-refractivity contribution is 5.98. The fourth-order valence-corrected chi connectivity index (χ4v) is 2.28. The van der Waals surface area contributed by atoms with Crippen LogP contribution in [-0.2, 0) is 4.74 Å². The number of amides is 1. The van der Waals surface area contributed by atoms with Gasteiger partial charge in [-0.1, -0.05) is 0 Å². The number of nitriles is 1. The summed E-state index contributed by atoms with van der Waals surface area (Å²) in [5.41, 5.74) is 1.65. The number of hydrogen-bond donors (Lipinski definition) is 1. The zero-order valence-electron chi connectivity index (χ0n) is 10.3. The molecule has 0 aliphatic carbocycles. The van der Waals surface area contributed by atoms with Crippen molar-refractivity contribution in [2.24, 2.45) is 0 Å². The summed E-state index contributed by atoms with van der Waals surface area (Å²) in [5.74, 6) is -0.0494. The molecule has 19 heavy (non-hydrogen) atoms. The molecule has 0 radical (unpaired) electrons. The molecule has 1 fully saturated rings. The largest absolute Gasteiger partial charge is 0.361 e. The van der Waals surface area contributed by atoms with E-state index in [1.165, 1.54) is 0 Å². The number of ether oxygens (including phenoxy) is 1. The van der Waals surface area contributed by atoms with Crippen LogP contribution >= 0.6 is 0 Å². The monoisotopic (exact) mass is 255 g/mol. The smallest absolute Gasteiger partial charge is 0.254 e. The summed E-state index contributed by atoms with van der Waals surface area (Å²) in [6.45, 7) is 1.28. The Bertz CT molecular complexity index is 656. The fourth-order valence-electron chi connectivity index (χ4n) is 2.28. The first kappa shape index (κ1) is 11.8. The Morgan fingerprint density at radius 3 is 3.21 bits per heavy atom. The van der Waals surface area contributed by atoms with E-state index in [4.69, 9.17) is 10.00 Å². The second-order valence-electron chi connectivity index (χ2n) is 4.52. The highest BCUT2D eigenvalue weighted by atomic mass is 16.5. The third kappa shape index (κ3) is 2.18. The van der Waals surface area contributed by atoms with Gasteiger partial charge in [-0.25, -0.2) is 0 Å². The maximum atomic E-state index is 12.4. The predicted octanol–water partition coefficient (Wildman–Crippen LogP) is 1.53. The molecule has 1 aromatic heterocycles. The molecule has 1 N–H and O–H groups in total. The molecule has 1 atom stereocenters. The minimum atomic E-state index is -0.520. The topological polar surface area (TPSA) is 69.1 Å². The van der Waals surface area contributed by atoms with Gasteiger partial charge in [0.05, 0.1) is 19.2 Å². The summed E-state index contributed by atoms with van der Waals surface area (Å²) < 4.78 is 5.24. The summed E-state index contributed by atoms with van der Waals surface area (Å²) in [5, 5.41) is 9.87. The minimum Gasteiger partial charge on any atom is -0.361 e. The third-order valence-electron chi connectivity index (χ3n) is 3.30. The van der Waals surface area contributed by atoms with Crippen LogP contribution in [0.2, 0.25) is 0 Å². The quantitative estimate of drug-likeness (QED) is 0.840. The lowest BCUT2D eigenvalue weighted by Gasteiger charge is -2.29. The Morgan fingerprint density at radius 2 is 2.37 bits per heavy atom. The molecule has 0 spiro atoms. The normalized spacial score (nSPS) is 19.3. The number of rotatable bonds is 1. The Kier molecular flexibility index (Phi) is 2.94. The molecule has 1 aromatic carbocycles.